The lowest BCUT2D eigenvalue weighted by Crippen LogP contribution is -2.10. The second kappa shape index (κ2) is 16.2. The van der Waals surface area contributed by atoms with Crippen molar-refractivity contribution in [2.24, 2.45) is 0 Å². The topological polar surface area (TPSA) is 19.6 Å². The molecule has 0 aliphatic carbocycles. The minimum atomic E-state index is 0.861. The Kier molecular flexibility index (Phi) is 9.50. The summed E-state index contributed by atoms with van der Waals surface area (Å²) >= 11 is 0. The molecule has 0 radical (unpaired) electrons. The molecule has 0 saturated heterocycles. The molecule has 3 nitrogen and oxygen atoms in total. The van der Waals surface area contributed by atoms with Crippen LogP contribution in [0.5, 0.6) is 0 Å². The molecule has 306 valence electrons. The quantitative estimate of drug-likeness (QED) is 0.144. The Morgan fingerprint density at radius 1 is 0.262 bits per heavy atom. The summed E-state index contributed by atoms with van der Waals surface area (Å²) in [5.74, 6) is 0. The predicted octanol–water partition coefficient (Wildman–Crippen LogP) is 17.8. The molecular formula is C62H42N2O. The van der Waals surface area contributed by atoms with Crippen LogP contribution in [0.1, 0.15) is 0 Å². The molecule has 0 N–H and O–H groups in total. The highest BCUT2D eigenvalue weighted by Gasteiger charge is 2.23. The number of anilines is 6. The summed E-state index contributed by atoms with van der Waals surface area (Å²) < 4.78 is 6.98. The van der Waals surface area contributed by atoms with Crippen LogP contribution >= 0.6 is 0 Å². The van der Waals surface area contributed by atoms with E-state index in [2.05, 4.69) is 265 Å². The van der Waals surface area contributed by atoms with Gasteiger partial charge in [0, 0.05) is 39.2 Å². The first-order valence-electron chi connectivity index (χ1n) is 22.2. The SMILES string of the molecule is c1ccc(-c2ccc(N(c3ccccc3)c3ccc(-c4ccc(N(c5ccc(-c6ccccc6)cc5)c5cc6ccccc6c6c5oc5ccc7ccccc7c56)cc4)cc3)cc2)cc1. The Morgan fingerprint density at radius 3 is 1.12 bits per heavy atom. The molecule has 12 rings (SSSR count). The first kappa shape index (κ1) is 38.0. The molecule has 0 saturated carbocycles. The first-order chi connectivity index (χ1) is 32.2. The minimum Gasteiger partial charge on any atom is -0.454 e. The predicted molar refractivity (Wildman–Crippen MR) is 274 cm³/mol. The molecule has 3 heteroatoms. The molecule has 0 atom stereocenters. The molecule has 0 aliphatic heterocycles. The zero-order valence-electron chi connectivity index (χ0n) is 35.6. The largest absolute Gasteiger partial charge is 0.454 e. The molecule has 0 bridgehead atoms. The Morgan fingerprint density at radius 2 is 0.631 bits per heavy atom. The highest BCUT2D eigenvalue weighted by atomic mass is 16.3. The Labute approximate surface area is 378 Å². The lowest BCUT2D eigenvalue weighted by atomic mass is 9.98. The van der Waals surface area contributed by atoms with Gasteiger partial charge >= 0.3 is 0 Å². The van der Waals surface area contributed by atoms with Crippen LogP contribution in [0.25, 0.3) is 76.9 Å². The fraction of sp³-hybridized carbons (Fsp3) is 0. The van der Waals surface area contributed by atoms with E-state index >= 15 is 0 Å². The molecule has 0 aliphatic rings. The number of benzene rings is 11. The van der Waals surface area contributed by atoms with E-state index in [1.165, 1.54) is 38.4 Å². The Bertz CT molecular complexity index is 3600. The molecule has 11 aromatic carbocycles. The van der Waals surface area contributed by atoms with Gasteiger partial charge in [-0.05, 0) is 128 Å². The first-order valence-corrected chi connectivity index (χ1v) is 22.2. The fourth-order valence-electron chi connectivity index (χ4n) is 9.46. The van der Waals surface area contributed by atoms with Crippen molar-refractivity contribution in [3.8, 4) is 33.4 Å². The van der Waals surface area contributed by atoms with E-state index in [1.54, 1.807) is 0 Å². The van der Waals surface area contributed by atoms with Gasteiger partial charge in [0.1, 0.15) is 5.58 Å². The van der Waals surface area contributed by atoms with E-state index in [9.17, 15) is 0 Å². The number of nitrogens with zero attached hydrogens (tertiary/aromatic N) is 2. The van der Waals surface area contributed by atoms with Crippen molar-refractivity contribution in [3.05, 3.63) is 255 Å². The molecule has 1 heterocycles. The summed E-state index contributed by atoms with van der Waals surface area (Å²) in [6.07, 6.45) is 0. The third-order valence-corrected chi connectivity index (χ3v) is 12.6. The van der Waals surface area contributed by atoms with Crippen molar-refractivity contribution < 1.29 is 4.42 Å². The Balaban J connectivity index is 0.951. The average molecular weight is 831 g/mol. The van der Waals surface area contributed by atoms with E-state index in [0.717, 1.165) is 72.6 Å². The van der Waals surface area contributed by atoms with Gasteiger partial charge in [-0.25, -0.2) is 0 Å². The number of rotatable bonds is 9. The van der Waals surface area contributed by atoms with Crippen molar-refractivity contribution >= 4 is 77.6 Å². The van der Waals surface area contributed by atoms with E-state index in [1.807, 2.05) is 0 Å². The number of hydrogen-bond acceptors (Lipinski definition) is 3. The van der Waals surface area contributed by atoms with Crippen molar-refractivity contribution in [2.45, 2.75) is 0 Å². The molecular weight excluding hydrogens is 789 g/mol. The summed E-state index contributed by atoms with van der Waals surface area (Å²) in [5, 5.41) is 6.99. The molecule has 12 aromatic rings. The summed E-state index contributed by atoms with van der Waals surface area (Å²) in [7, 11) is 0. The number of para-hydroxylation sites is 1. The van der Waals surface area contributed by atoms with Gasteiger partial charge in [-0.3, -0.25) is 0 Å². The standard InChI is InChI=1S/C62H42N2O/c1-4-14-43(15-5-1)45-24-33-52(34-25-45)63(51-20-8-3-9-21-51)53-35-26-47(27-36-53)48-30-39-55(40-31-48)64(54-37-28-46(29-38-54)44-16-6-2-7-17-44)58-42-50-19-11-13-23-57(50)61-60-56-22-12-10-18-49(56)32-41-59(60)65-62(58)61/h1-42H. The molecule has 1 aromatic heterocycles. The van der Waals surface area contributed by atoms with Crippen LogP contribution in [0, 0.1) is 0 Å². The minimum absolute atomic E-state index is 0.861. The van der Waals surface area contributed by atoms with Gasteiger partial charge in [0.05, 0.1) is 5.69 Å². The molecule has 0 amide bonds. The highest BCUT2D eigenvalue weighted by Crippen LogP contribution is 2.47. The van der Waals surface area contributed by atoms with Crippen LogP contribution < -0.4 is 9.80 Å². The third kappa shape index (κ3) is 6.97. The van der Waals surface area contributed by atoms with Crippen molar-refractivity contribution in [1.82, 2.24) is 0 Å². The zero-order chi connectivity index (χ0) is 43.1. The normalized spacial score (nSPS) is 11.4. The van der Waals surface area contributed by atoms with Gasteiger partial charge < -0.3 is 14.2 Å². The third-order valence-electron chi connectivity index (χ3n) is 12.6. The second-order valence-corrected chi connectivity index (χ2v) is 16.5. The molecule has 0 fully saturated rings. The second-order valence-electron chi connectivity index (χ2n) is 16.5. The van der Waals surface area contributed by atoms with Crippen molar-refractivity contribution in [3.63, 3.8) is 0 Å². The van der Waals surface area contributed by atoms with Crippen LogP contribution in [0.4, 0.5) is 34.1 Å². The van der Waals surface area contributed by atoms with Gasteiger partial charge in [0.15, 0.2) is 5.58 Å². The van der Waals surface area contributed by atoms with E-state index in [-0.39, 0.29) is 0 Å². The summed E-state index contributed by atoms with van der Waals surface area (Å²) in [6, 6.07) is 91.1. The average Bonchev–Trinajstić information content (AvgIpc) is 3.79. The van der Waals surface area contributed by atoms with Gasteiger partial charge in [0.2, 0.25) is 0 Å². The monoisotopic (exact) mass is 830 g/mol. The number of fused-ring (bicyclic) bond motifs is 7. The van der Waals surface area contributed by atoms with Gasteiger partial charge in [-0.2, -0.15) is 0 Å². The van der Waals surface area contributed by atoms with Gasteiger partial charge in [-0.1, -0.05) is 182 Å². The number of furan rings is 1. The van der Waals surface area contributed by atoms with Crippen molar-refractivity contribution in [2.75, 3.05) is 9.80 Å². The molecule has 0 spiro atoms. The van der Waals surface area contributed by atoms with E-state index in [0.29, 0.717) is 0 Å². The Hall–Kier alpha value is -8.66. The highest BCUT2D eigenvalue weighted by molar-refractivity contribution is 6.29. The zero-order valence-corrected chi connectivity index (χ0v) is 35.6. The summed E-state index contributed by atoms with van der Waals surface area (Å²) in [4.78, 5) is 4.66. The van der Waals surface area contributed by atoms with Crippen LogP contribution in [0.15, 0.2) is 259 Å². The smallest absolute Gasteiger partial charge is 0.160 e. The maximum atomic E-state index is 6.98. The maximum Gasteiger partial charge on any atom is 0.160 e. The van der Waals surface area contributed by atoms with Gasteiger partial charge in [-0.15, -0.1) is 0 Å². The van der Waals surface area contributed by atoms with Crippen LogP contribution in [0.2, 0.25) is 0 Å². The molecule has 65 heavy (non-hydrogen) atoms. The number of hydrogen-bond donors (Lipinski definition) is 0. The van der Waals surface area contributed by atoms with E-state index < -0.39 is 0 Å². The summed E-state index contributed by atoms with van der Waals surface area (Å²) in [5.41, 5.74) is 15.1. The fourth-order valence-corrected chi connectivity index (χ4v) is 9.46. The lowest BCUT2D eigenvalue weighted by molar-refractivity contribution is 0.669. The van der Waals surface area contributed by atoms with Crippen LogP contribution in [-0.2, 0) is 0 Å². The van der Waals surface area contributed by atoms with Crippen LogP contribution in [-0.4, -0.2) is 0 Å². The lowest BCUT2D eigenvalue weighted by Gasteiger charge is -2.27. The van der Waals surface area contributed by atoms with Crippen LogP contribution in [0.3, 0.4) is 0 Å². The summed E-state index contributed by atoms with van der Waals surface area (Å²) in [6.45, 7) is 0. The van der Waals surface area contributed by atoms with E-state index in [4.69, 9.17) is 4.42 Å². The maximum absolute atomic E-state index is 6.98. The molecule has 0 unspecified atom stereocenters. The van der Waals surface area contributed by atoms with Gasteiger partial charge in [0.25, 0.3) is 0 Å². The van der Waals surface area contributed by atoms with Crippen molar-refractivity contribution in [1.29, 1.82) is 0 Å².